The van der Waals surface area contributed by atoms with Crippen molar-refractivity contribution in [3.63, 3.8) is 0 Å². The first kappa shape index (κ1) is 21.5. The second-order valence-electron chi connectivity index (χ2n) is 7.64. The van der Waals surface area contributed by atoms with Crippen LogP contribution in [-0.2, 0) is 0 Å². The maximum absolute atomic E-state index is 14.2. The zero-order valence-corrected chi connectivity index (χ0v) is 20.0. The first-order valence-electron chi connectivity index (χ1n) is 9.33. The van der Waals surface area contributed by atoms with Crippen LogP contribution in [0.15, 0.2) is 81.9 Å². The van der Waals surface area contributed by atoms with E-state index in [0.29, 0.717) is 11.3 Å². The van der Waals surface area contributed by atoms with Crippen LogP contribution in [0.5, 0.6) is 0 Å². The third-order valence-electron chi connectivity index (χ3n) is 5.48. The van der Waals surface area contributed by atoms with Gasteiger partial charge >= 0.3 is 0 Å². The normalized spacial score (nSPS) is 22.6. The highest BCUT2D eigenvalue weighted by Gasteiger charge is 2.62. The van der Waals surface area contributed by atoms with Gasteiger partial charge in [-0.05, 0) is 60.5 Å². The molecular formula is C24H18Br2ClF2N. The van der Waals surface area contributed by atoms with E-state index < -0.39 is 16.5 Å². The fourth-order valence-corrected chi connectivity index (χ4v) is 5.86. The summed E-state index contributed by atoms with van der Waals surface area (Å²) < 4.78 is 30.3. The molecule has 1 saturated carbocycles. The number of anilines is 1. The van der Waals surface area contributed by atoms with Crippen LogP contribution in [0.1, 0.15) is 18.4 Å². The average Bonchev–Trinajstić information content (AvgIpc) is 3.23. The van der Waals surface area contributed by atoms with E-state index in [4.69, 9.17) is 11.6 Å². The topological polar surface area (TPSA) is 12.0 Å². The monoisotopic (exact) mass is 551 g/mol. The maximum Gasteiger partial charge on any atom is 0.133 e. The third kappa shape index (κ3) is 4.08. The Labute approximate surface area is 196 Å². The second-order valence-corrected chi connectivity index (χ2v) is 10.3. The number of allylic oxidation sites excluding steroid dienone is 1. The molecule has 1 nitrogen and oxygen atoms in total. The molecule has 0 heterocycles. The highest BCUT2D eigenvalue weighted by atomic mass is 79.9. The summed E-state index contributed by atoms with van der Waals surface area (Å²) in [6.07, 6.45) is 0. The first-order chi connectivity index (χ1) is 14.2. The van der Waals surface area contributed by atoms with E-state index in [2.05, 4.69) is 55.9 Å². The summed E-state index contributed by atoms with van der Waals surface area (Å²) in [7, 11) is 0. The lowest BCUT2D eigenvalue weighted by molar-refractivity contribution is 0.589. The van der Waals surface area contributed by atoms with Crippen molar-refractivity contribution in [2.45, 2.75) is 17.7 Å². The Morgan fingerprint density at radius 3 is 2.23 bits per heavy atom. The molecule has 3 atom stereocenters. The number of hydrogen-bond donors (Lipinski definition) is 1. The van der Waals surface area contributed by atoms with Crippen LogP contribution >= 0.6 is 43.5 Å². The Kier molecular flexibility index (Phi) is 5.82. The molecule has 0 spiro atoms. The van der Waals surface area contributed by atoms with Crippen molar-refractivity contribution in [2.24, 2.45) is 5.92 Å². The molecule has 0 saturated heterocycles. The predicted octanol–water partition coefficient (Wildman–Crippen LogP) is 8.49. The van der Waals surface area contributed by atoms with Crippen molar-refractivity contribution in [3.8, 4) is 11.1 Å². The van der Waals surface area contributed by atoms with E-state index in [0.717, 1.165) is 20.2 Å². The molecule has 3 aromatic carbocycles. The lowest BCUT2D eigenvalue weighted by atomic mass is 10.0. The smallest absolute Gasteiger partial charge is 0.133 e. The van der Waals surface area contributed by atoms with Gasteiger partial charge < -0.3 is 5.32 Å². The summed E-state index contributed by atoms with van der Waals surface area (Å²) in [5.41, 5.74) is 3.00. The largest absolute Gasteiger partial charge is 0.359 e. The molecule has 154 valence electrons. The van der Waals surface area contributed by atoms with Crippen molar-refractivity contribution in [1.29, 1.82) is 0 Å². The lowest BCUT2D eigenvalue weighted by Crippen LogP contribution is -2.05. The molecule has 0 bridgehead atoms. The van der Waals surface area contributed by atoms with Gasteiger partial charge in [0.1, 0.15) is 11.6 Å². The summed E-state index contributed by atoms with van der Waals surface area (Å²) in [6.45, 7) is 6.20. The van der Waals surface area contributed by atoms with Crippen LogP contribution < -0.4 is 5.32 Å². The van der Waals surface area contributed by atoms with Crippen LogP contribution in [0.2, 0.25) is 0 Å². The molecule has 1 aliphatic rings. The third-order valence-corrected chi connectivity index (χ3v) is 6.86. The van der Waals surface area contributed by atoms with Gasteiger partial charge in [0, 0.05) is 32.2 Å². The predicted molar refractivity (Wildman–Crippen MR) is 127 cm³/mol. The molecule has 0 amide bonds. The summed E-state index contributed by atoms with van der Waals surface area (Å²) in [5.74, 6) is -1.09. The highest BCUT2D eigenvalue weighted by Crippen LogP contribution is 2.64. The average molecular weight is 554 g/mol. The molecule has 4 rings (SSSR count). The van der Waals surface area contributed by atoms with Crippen LogP contribution in [0.25, 0.3) is 11.1 Å². The van der Waals surface area contributed by atoms with Gasteiger partial charge in [0.2, 0.25) is 0 Å². The highest BCUT2D eigenvalue weighted by molar-refractivity contribution is 9.11. The zero-order valence-electron chi connectivity index (χ0n) is 16.0. The standard InChI is InChI=1S/C24H18Br2ClF2N/c1-13(22-23(24(22,2)27)15-9-16(25)12-17(26)10-15)30-18-6-3-5-14(11-18)21-19(28)7-4-8-20(21)29/h3-12,22-23,30H,1H2,2H3. The van der Waals surface area contributed by atoms with E-state index in [9.17, 15) is 8.78 Å². The molecule has 3 unspecified atom stereocenters. The van der Waals surface area contributed by atoms with Gasteiger partial charge in [0.05, 0.1) is 10.4 Å². The molecule has 1 N–H and O–H groups in total. The molecule has 0 radical (unpaired) electrons. The van der Waals surface area contributed by atoms with Gasteiger partial charge in [-0.25, -0.2) is 8.78 Å². The van der Waals surface area contributed by atoms with Gasteiger partial charge in [-0.2, -0.15) is 0 Å². The summed E-state index contributed by atoms with van der Waals surface area (Å²) in [6, 6.07) is 16.9. The number of alkyl halides is 1. The summed E-state index contributed by atoms with van der Waals surface area (Å²) in [5, 5.41) is 3.29. The van der Waals surface area contributed by atoms with Gasteiger partial charge in [-0.1, -0.05) is 56.6 Å². The summed E-state index contributed by atoms with van der Waals surface area (Å²) in [4.78, 5) is -0.473. The van der Waals surface area contributed by atoms with Crippen LogP contribution in [0, 0.1) is 17.6 Å². The number of benzene rings is 3. The number of rotatable bonds is 5. The molecule has 6 heteroatoms. The fraction of sp³-hybridized carbons (Fsp3) is 0.167. The molecular weight excluding hydrogens is 536 g/mol. The minimum absolute atomic E-state index is 0.00854. The minimum atomic E-state index is -0.596. The molecule has 0 aliphatic heterocycles. The SMILES string of the molecule is C=C(Nc1cccc(-c2c(F)cccc2F)c1)C1C(c2cc(Br)cc(Br)c2)C1(C)Cl. The summed E-state index contributed by atoms with van der Waals surface area (Å²) >= 11 is 13.9. The molecule has 1 fully saturated rings. The van der Waals surface area contributed by atoms with Crippen molar-refractivity contribution in [2.75, 3.05) is 5.32 Å². The van der Waals surface area contributed by atoms with Crippen molar-refractivity contribution >= 4 is 49.1 Å². The van der Waals surface area contributed by atoms with Crippen LogP contribution in [0.3, 0.4) is 0 Å². The Hall–Kier alpha value is -1.69. The van der Waals surface area contributed by atoms with E-state index in [-0.39, 0.29) is 17.4 Å². The van der Waals surface area contributed by atoms with Crippen molar-refractivity contribution < 1.29 is 8.78 Å². The number of hydrogen-bond acceptors (Lipinski definition) is 1. The lowest BCUT2D eigenvalue weighted by Gasteiger charge is -2.12. The Morgan fingerprint density at radius 2 is 1.60 bits per heavy atom. The van der Waals surface area contributed by atoms with E-state index in [1.165, 1.54) is 18.2 Å². The van der Waals surface area contributed by atoms with E-state index in [1.807, 2.05) is 19.1 Å². The van der Waals surface area contributed by atoms with Crippen LogP contribution in [0.4, 0.5) is 14.5 Å². The van der Waals surface area contributed by atoms with E-state index >= 15 is 0 Å². The van der Waals surface area contributed by atoms with Crippen molar-refractivity contribution in [3.05, 3.63) is 99.1 Å². The second kappa shape index (κ2) is 8.10. The maximum atomic E-state index is 14.2. The molecule has 3 aromatic rings. The molecule has 1 aliphatic carbocycles. The fourth-order valence-electron chi connectivity index (χ4n) is 4.09. The van der Waals surface area contributed by atoms with E-state index in [1.54, 1.807) is 18.2 Å². The van der Waals surface area contributed by atoms with Gasteiger partial charge in [0.15, 0.2) is 0 Å². The minimum Gasteiger partial charge on any atom is -0.359 e. The zero-order chi connectivity index (χ0) is 21.6. The quantitative estimate of drug-likeness (QED) is 0.313. The molecule has 30 heavy (non-hydrogen) atoms. The van der Waals surface area contributed by atoms with Gasteiger partial charge in [-0.3, -0.25) is 0 Å². The van der Waals surface area contributed by atoms with Gasteiger partial charge in [-0.15, -0.1) is 11.6 Å². The van der Waals surface area contributed by atoms with Gasteiger partial charge in [0.25, 0.3) is 0 Å². The Morgan fingerprint density at radius 1 is 1.00 bits per heavy atom. The Bertz CT molecular complexity index is 1110. The van der Waals surface area contributed by atoms with Crippen molar-refractivity contribution in [1.82, 2.24) is 0 Å². The Balaban J connectivity index is 1.58. The number of nitrogens with one attached hydrogen (secondary N) is 1. The van der Waals surface area contributed by atoms with Crippen LogP contribution in [-0.4, -0.2) is 4.87 Å². The molecule has 0 aromatic heterocycles. The number of halogens is 5. The first-order valence-corrected chi connectivity index (χ1v) is 11.3.